The molecule has 0 saturated carbocycles. The number of anilines is 1. The SMILES string of the molecule is Cc1cc(F)c(S(=O)(=O)NCCCC(C)C)cc1N. The van der Waals surface area contributed by atoms with Gasteiger partial charge in [-0.3, -0.25) is 0 Å². The largest absolute Gasteiger partial charge is 0.398 e. The van der Waals surface area contributed by atoms with Gasteiger partial charge in [-0.2, -0.15) is 0 Å². The summed E-state index contributed by atoms with van der Waals surface area (Å²) >= 11 is 0. The van der Waals surface area contributed by atoms with Crippen LogP contribution in [0.3, 0.4) is 0 Å². The summed E-state index contributed by atoms with van der Waals surface area (Å²) in [5.74, 6) is -0.265. The van der Waals surface area contributed by atoms with Gasteiger partial charge in [0.2, 0.25) is 10.0 Å². The number of hydrogen-bond donors (Lipinski definition) is 2. The molecular formula is C13H21FN2O2S. The lowest BCUT2D eigenvalue weighted by atomic mass is 10.1. The maximum Gasteiger partial charge on any atom is 0.243 e. The first-order valence-corrected chi connectivity index (χ1v) is 7.77. The molecule has 0 heterocycles. The van der Waals surface area contributed by atoms with Crippen molar-refractivity contribution in [3.05, 3.63) is 23.5 Å². The molecule has 0 aliphatic heterocycles. The Kier molecular flexibility index (Phi) is 5.31. The molecular weight excluding hydrogens is 267 g/mol. The lowest BCUT2D eigenvalue weighted by molar-refractivity contribution is 0.533. The minimum Gasteiger partial charge on any atom is -0.398 e. The Labute approximate surface area is 114 Å². The summed E-state index contributed by atoms with van der Waals surface area (Å²) in [6.45, 7) is 6.06. The first-order chi connectivity index (χ1) is 8.74. The van der Waals surface area contributed by atoms with Crippen molar-refractivity contribution < 1.29 is 12.8 Å². The van der Waals surface area contributed by atoms with Crippen LogP contribution in [0.2, 0.25) is 0 Å². The molecule has 1 rings (SSSR count). The van der Waals surface area contributed by atoms with E-state index in [2.05, 4.69) is 18.6 Å². The van der Waals surface area contributed by atoms with E-state index >= 15 is 0 Å². The van der Waals surface area contributed by atoms with Crippen molar-refractivity contribution in [2.24, 2.45) is 5.92 Å². The van der Waals surface area contributed by atoms with Crippen molar-refractivity contribution in [1.82, 2.24) is 4.72 Å². The molecule has 108 valence electrons. The highest BCUT2D eigenvalue weighted by atomic mass is 32.2. The fraction of sp³-hybridized carbons (Fsp3) is 0.538. The van der Waals surface area contributed by atoms with Gasteiger partial charge in [0, 0.05) is 12.2 Å². The molecule has 0 bridgehead atoms. The summed E-state index contributed by atoms with van der Waals surface area (Å²) in [4.78, 5) is -0.389. The van der Waals surface area contributed by atoms with Crippen molar-refractivity contribution in [2.75, 3.05) is 12.3 Å². The Bertz CT molecular complexity index is 542. The lowest BCUT2D eigenvalue weighted by Gasteiger charge is -2.10. The van der Waals surface area contributed by atoms with Gasteiger partial charge in [-0.05, 0) is 43.4 Å². The molecule has 1 aromatic carbocycles. The molecule has 0 saturated heterocycles. The second kappa shape index (κ2) is 6.34. The molecule has 0 atom stereocenters. The number of hydrogen-bond acceptors (Lipinski definition) is 3. The first kappa shape index (κ1) is 15.9. The van der Waals surface area contributed by atoms with Gasteiger partial charge < -0.3 is 5.73 Å². The highest BCUT2D eigenvalue weighted by molar-refractivity contribution is 7.89. The first-order valence-electron chi connectivity index (χ1n) is 6.29. The Hall–Kier alpha value is -1.14. The Morgan fingerprint density at radius 1 is 1.37 bits per heavy atom. The van der Waals surface area contributed by atoms with Crippen molar-refractivity contribution >= 4 is 15.7 Å². The van der Waals surface area contributed by atoms with Gasteiger partial charge in [-0.1, -0.05) is 13.8 Å². The van der Waals surface area contributed by atoms with Gasteiger partial charge in [-0.25, -0.2) is 17.5 Å². The van der Waals surface area contributed by atoms with Crippen molar-refractivity contribution in [3.8, 4) is 0 Å². The number of sulfonamides is 1. The molecule has 6 heteroatoms. The van der Waals surface area contributed by atoms with Gasteiger partial charge in [0.1, 0.15) is 10.7 Å². The average Bonchev–Trinajstić information content (AvgIpc) is 2.29. The van der Waals surface area contributed by atoms with E-state index in [9.17, 15) is 12.8 Å². The molecule has 1 aromatic rings. The van der Waals surface area contributed by atoms with Crippen LogP contribution in [-0.4, -0.2) is 15.0 Å². The quantitative estimate of drug-likeness (QED) is 0.624. The van der Waals surface area contributed by atoms with Crippen molar-refractivity contribution in [3.63, 3.8) is 0 Å². The third kappa shape index (κ3) is 4.47. The van der Waals surface area contributed by atoms with E-state index in [0.29, 0.717) is 18.0 Å². The lowest BCUT2D eigenvalue weighted by Crippen LogP contribution is -2.26. The second-order valence-electron chi connectivity index (χ2n) is 5.07. The van der Waals surface area contributed by atoms with E-state index in [1.807, 2.05) is 0 Å². The van der Waals surface area contributed by atoms with Gasteiger partial charge >= 0.3 is 0 Å². The van der Waals surface area contributed by atoms with E-state index in [0.717, 1.165) is 25.0 Å². The third-order valence-corrected chi connectivity index (χ3v) is 4.34. The molecule has 0 unspecified atom stereocenters. The highest BCUT2D eigenvalue weighted by Crippen LogP contribution is 2.21. The van der Waals surface area contributed by atoms with Gasteiger partial charge in [0.05, 0.1) is 0 Å². The molecule has 0 aliphatic rings. The van der Waals surface area contributed by atoms with Crippen LogP contribution in [0.25, 0.3) is 0 Å². The molecule has 4 nitrogen and oxygen atoms in total. The summed E-state index contributed by atoms with van der Waals surface area (Å²) in [7, 11) is -3.83. The van der Waals surface area contributed by atoms with E-state index < -0.39 is 15.8 Å². The maximum atomic E-state index is 13.7. The fourth-order valence-corrected chi connectivity index (χ4v) is 2.84. The number of benzene rings is 1. The third-order valence-electron chi connectivity index (χ3n) is 2.86. The molecule has 0 spiro atoms. The smallest absolute Gasteiger partial charge is 0.243 e. The summed E-state index contributed by atoms with van der Waals surface area (Å²) in [5.41, 5.74) is 6.41. The molecule has 0 aliphatic carbocycles. The predicted octanol–water partition coefficient (Wildman–Crippen LogP) is 2.43. The van der Waals surface area contributed by atoms with Gasteiger partial charge in [0.15, 0.2) is 0 Å². The summed E-state index contributed by atoms with van der Waals surface area (Å²) in [6.07, 6.45) is 1.64. The monoisotopic (exact) mass is 288 g/mol. The number of rotatable bonds is 6. The summed E-state index contributed by atoms with van der Waals surface area (Å²) < 4.78 is 40.0. The Morgan fingerprint density at radius 2 is 2.00 bits per heavy atom. The number of nitrogens with one attached hydrogen (secondary N) is 1. The fourth-order valence-electron chi connectivity index (χ4n) is 1.67. The summed E-state index contributed by atoms with van der Waals surface area (Å²) in [5, 5.41) is 0. The molecule has 19 heavy (non-hydrogen) atoms. The zero-order chi connectivity index (χ0) is 14.6. The van der Waals surface area contributed by atoms with Crippen LogP contribution in [0.1, 0.15) is 32.3 Å². The van der Waals surface area contributed by atoms with Crippen LogP contribution in [0.15, 0.2) is 17.0 Å². The van der Waals surface area contributed by atoms with Crippen LogP contribution < -0.4 is 10.5 Å². The molecule has 3 N–H and O–H groups in total. The molecule has 0 amide bonds. The van der Waals surface area contributed by atoms with Crippen LogP contribution >= 0.6 is 0 Å². The average molecular weight is 288 g/mol. The van der Waals surface area contributed by atoms with E-state index in [4.69, 9.17) is 5.73 Å². The molecule has 0 aromatic heterocycles. The second-order valence-corrected chi connectivity index (χ2v) is 6.81. The van der Waals surface area contributed by atoms with Crippen molar-refractivity contribution in [1.29, 1.82) is 0 Å². The standard InChI is InChI=1S/C13H21FN2O2S/c1-9(2)5-4-6-16-19(17,18)13-8-12(15)10(3)7-11(13)14/h7-9,16H,4-6,15H2,1-3H3. The minimum atomic E-state index is -3.83. The van der Waals surface area contributed by atoms with E-state index in [1.54, 1.807) is 6.92 Å². The normalized spacial score (nSPS) is 12.1. The molecule has 0 radical (unpaired) electrons. The van der Waals surface area contributed by atoms with Crippen LogP contribution in [0.5, 0.6) is 0 Å². The topological polar surface area (TPSA) is 72.2 Å². The van der Waals surface area contributed by atoms with E-state index in [1.165, 1.54) is 0 Å². The van der Waals surface area contributed by atoms with Gasteiger partial charge in [-0.15, -0.1) is 0 Å². The van der Waals surface area contributed by atoms with Gasteiger partial charge in [0.25, 0.3) is 0 Å². The number of halogens is 1. The van der Waals surface area contributed by atoms with Crippen LogP contribution in [-0.2, 0) is 10.0 Å². The zero-order valence-electron chi connectivity index (χ0n) is 11.5. The predicted molar refractivity (Wildman–Crippen MR) is 74.8 cm³/mol. The van der Waals surface area contributed by atoms with Crippen LogP contribution in [0, 0.1) is 18.7 Å². The number of nitrogens with two attached hydrogens (primary N) is 1. The molecule has 0 fully saturated rings. The summed E-state index contributed by atoms with van der Waals surface area (Å²) in [6, 6.07) is 2.30. The number of aryl methyl sites for hydroxylation is 1. The maximum absolute atomic E-state index is 13.7. The van der Waals surface area contributed by atoms with Crippen molar-refractivity contribution in [2.45, 2.75) is 38.5 Å². The minimum absolute atomic E-state index is 0.268. The zero-order valence-corrected chi connectivity index (χ0v) is 12.3. The van der Waals surface area contributed by atoms with E-state index in [-0.39, 0.29) is 10.6 Å². The Morgan fingerprint density at radius 3 is 2.58 bits per heavy atom. The highest BCUT2D eigenvalue weighted by Gasteiger charge is 2.19. The van der Waals surface area contributed by atoms with Crippen LogP contribution in [0.4, 0.5) is 10.1 Å². The number of nitrogen functional groups attached to an aromatic ring is 1. The Balaban J connectivity index is 2.80.